The number of alkyl halides is 1. The smallest absolute Gasteiger partial charge is 0.212 e. The zero-order chi connectivity index (χ0) is 12.2. The molecule has 16 heavy (non-hydrogen) atoms. The summed E-state index contributed by atoms with van der Waals surface area (Å²) in [5.74, 6) is 0.402. The van der Waals surface area contributed by atoms with Crippen LogP contribution in [0.3, 0.4) is 0 Å². The molecule has 0 aliphatic carbocycles. The Balaban J connectivity index is 2.44. The zero-order valence-corrected chi connectivity index (χ0v) is 11.4. The number of hydrogen-bond acceptors (Lipinski definition) is 3. The highest BCUT2D eigenvalue weighted by Gasteiger charge is 2.26. The maximum atomic E-state index is 11.7. The minimum Gasteiger partial charge on any atom is -0.377 e. The van der Waals surface area contributed by atoms with E-state index >= 15 is 0 Å². The van der Waals surface area contributed by atoms with E-state index in [9.17, 15) is 8.42 Å². The molecule has 0 radical (unpaired) electrons. The molecule has 1 heterocycles. The Morgan fingerprint density at radius 1 is 1.50 bits per heavy atom. The van der Waals surface area contributed by atoms with Crippen LogP contribution in [-0.2, 0) is 14.8 Å². The second kappa shape index (κ2) is 6.19. The number of sulfonamides is 1. The Kier molecular flexibility index (Phi) is 5.50. The van der Waals surface area contributed by atoms with Crippen LogP contribution in [0.2, 0.25) is 0 Å². The highest BCUT2D eigenvalue weighted by atomic mass is 35.5. The molecule has 6 heteroatoms. The molecule has 3 unspecified atom stereocenters. The van der Waals surface area contributed by atoms with Gasteiger partial charge in [-0.1, -0.05) is 6.92 Å². The average molecular weight is 270 g/mol. The highest BCUT2D eigenvalue weighted by Crippen LogP contribution is 2.16. The third-order valence-electron chi connectivity index (χ3n) is 2.66. The normalized spacial score (nSPS) is 25.6. The van der Waals surface area contributed by atoms with E-state index in [2.05, 4.69) is 4.72 Å². The fourth-order valence-electron chi connectivity index (χ4n) is 1.82. The zero-order valence-electron chi connectivity index (χ0n) is 9.78. The molecule has 0 spiro atoms. The summed E-state index contributed by atoms with van der Waals surface area (Å²) in [6.45, 7) is 4.40. The van der Waals surface area contributed by atoms with Gasteiger partial charge in [-0.05, 0) is 25.7 Å². The lowest BCUT2D eigenvalue weighted by Gasteiger charge is -2.20. The van der Waals surface area contributed by atoms with E-state index in [1.165, 1.54) is 0 Å². The van der Waals surface area contributed by atoms with E-state index in [4.69, 9.17) is 16.3 Å². The van der Waals surface area contributed by atoms with Gasteiger partial charge in [0.1, 0.15) is 0 Å². The van der Waals surface area contributed by atoms with Crippen LogP contribution in [0, 0.1) is 5.92 Å². The van der Waals surface area contributed by atoms with E-state index in [1.807, 2.05) is 13.8 Å². The Morgan fingerprint density at radius 2 is 2.19 bits per heavy atom. The first-order valence-corrected chi connectivity index (χ1v) is 7.81. The van der Waals surface area contributed by atoms with Gasteiger partial charge in [-0.15, -0.1) is 11.6 Å². The first kappa shape index (κ1) is 14.2. The lowest BCUT2D eigenvalue weighted by atomic mass is 10.1. The highest BCUT2D eigenvalue weighted by molar-refractivity contribution is 7.89. The second-order valence-electron chi connectivity index (χ2n) is 4.50. The first-order valence-electron chi connectivity index (χ1n) is 5.62. The van der Waals surface area contributed by atoms with Gasteiger partial charge in [-0.2, -0.15) is 0 Å². The average Bonchev–Trinajstić information content (AvgIpc) is 2.68. The first-order chi connectivity index (χ1) is 7.44. The minimum atomic E-state index is -3.24. The van der Waals surface area contributed by atoms with Gasteiger partial charge in [0.25, 0.3) is 0 Å². The molecule has 4 nitrogen and oxygen atoms in total. The third kappa shape index (κ3) is 4.57. The van der Waals surface area contributed by atoms with Crippen molar-refractivity contribution in [2.45, 2.75) is 38.8 Å². The van der Waals surface area contributed by atoms with Crippen LogP contribution >= 0.6 is 11.6 Å². The van der Waals surface area contributed by atoms with Crippen molar-refractivity contribution in [2.75, 3.05) is 18.2 Å². The SMILES string of the molecule is CC(CCl)CS(=O)(=O)NC(C)C1CCCO1. The summed E-state index contributed by atoms with van der Waals surface area (Å²) < 4.78 is 31.6. The standard InChI is InChI=1S/C10H20ClNO3S/c1-8(6-11)7-16(13,14)12-9(2)10-4-3-5-15-10/h8-10,12H,3-7H2,1-2H3. The van der Waals surface area contributed by atoms with Crippen molar-refractivity contribution < 1.29 is 13.2 Å². The maximum absolute atomic E-state index is 11.7. The van der Waals surface area contributed by atoms with E-state index < -0.39 is 10.0 Å². The summed E-state index contributed by atoms with van der Waals surface area (Å²) in [4.78, 5) is 0. The fourth-order valence-corrected chi connectivity index (χ4v) is 3.74. The minimum absolute atomic E-state index is 0.0149. The summed E-state index contributed by atoms with van der Waals surface area (Å²) in [5.41, 5.74) is 0. The number of rotatable bonds is 6. The lowest BCUT2D eigenvalue weighted by molar-refractivity contribution is 0.0902. The van der Waals surface area contributed by atoms with Gasteiger partial charge in [0.05, 0.1) is 11.9 Å². The van der Waals surface area contributed by atoms with Crippen molar-refractivity contribution in [3.63, 3.8) is 0 Å². The fraction of sp³-hybridized carbons (Fsp3) is 1.00. The molecule has 1 saturated heterocycles. The molecule has 1 aliphatic heterocycles. The topological polar surface area (TPSA) is 55.4 Å². The van der Waals surface area contributed by atoms with E-state index in [0.29, 0.717) is 5.88 Å². The second-order valence-corrected chi connectivity index (χ2v) is 6.61. The number of halogens is 1. The summed E-state index contributed by atoms with van der Waals surface area (Å²) in [7, 11) is -3.24. The van der Waals surface area contributed by atoms with Crippen molar-refractivity contribution in [2.24, 2.45) is 5.92 Å². The molecule has 1 N–H and O–H groups in total. The van der Waals surface area contributed by atoms with Crippen LogP contribution in [0.4, 0.5) is 0 Å². The van der Waals surface area contributed by atoms with E-state index in [0.717, 1.165) is 19.4 Å². The molecule has 3 atom stereocenters. The predicted molar refractivity (Wildman–Crippen MR) is 65.2 cm³/mol. The van der Waals surface area contributed by atoms with Gasteiger partial charge in [0.15, 0.2) is 0 Å². The monoisotopic (exact) mass is 269 g/mol. The molecular formula is C10H20ClNO3S. The Labute approximate surface area is 103 Å². The molecule has 96 valence electrons. The van der Waals surface area contributed by atoms with Crippen molar-refractivity contribution in [1.29, 1.82) is 0 Å². The molecule has 0 aromatic heterocycles. The van der Waals surface area contributed by atoms with Crippen LogP contribution in [-0.4, -0.2) is 38.8 Å². The molecule has 0 aromatic carbocycles. The van der Waals surface area contributed by atoms with Gasteiger partial charge in [0, 0.05) is 18.5 Å². The molecule has 1 aliphatic rings. The van der Waals surface area contributed by atoms with Crippen LogP contribution < -0.4 is 4.72 Å². The van der Waals surface area contributed by atoms with Crippen molar-refractivity contribution >= 4 is 21.6 Å². The van der Waals surface area contributed by atoms with Crippen LogP contribution in [0.25, 0.3) is 0 Å². The van der Waals surface area contributed by atoms with Crippen LogP contribution in [0.5, 0.6) is 0 Å². The Bertz CT molecular complexity index is 301. The molecular weight excluding hydrogens is 250 g/mol. The van der Waals surface area contributed by atoms with Gasteiger partial charge >= 0.3 is 0 Å². The molecule has 0 aromatic rings. The Hall–Kier alpha value is 0.160. The van der Waals surface area contributed by atoms with Crippen molar-refractivity contribution in [3.8, 4) is 0 Å². The number of hydrogen-bond donors (Lipinski definition) is 1. The van der Waals surface area contributed by atoms with E-state index in [-0.39, 0.29) is 23.8 Å². The quantitative estimate of drug-likeness (QED) is 0.741. The van der Waals surface area contributed by atoms with E-state index in [1.54, 1.807) is 0 Å². The van der Waals surface area contributed by atoms with Gasteiger partial charge in [0.2, 0.25) is 10.0 Å². The number of ether oxygens (including phenoxy) is 1. The van der Waals surface area contributed by atoms with Gasteiger partial charge < -0.3 is 4.74 Å². The van der Waals surface area contributed by atoms with Crippen molar-refractivity contribution in [1.82, 2.24) is 4.72 Å². The lowest BCUT2D eigenvalue weighted by Crippen LogP contribution is -2.42. The largest absolute Gasteiger partial charge is 0.377 e. The summed E-state index contributed by atoms with van der Waals surface area (Å²) in [6, 6.07) is -0.157. The molecule has 0 amide bonds. The Morgan fingerprint density at radius 3 is 2.69 bits per heavy atom. The molecule has 0 bridgehead atoms. The van der Waals surface area contributed by atoms with Gasteiger partial charge in [-0.25, -0.2) is 13.1 Å². The van der Waals surface area contributed by atoms with Gasteiger partial charge in [-0.3, -0.25) is 0 Å². The predicted octanol–water partition coefficient (Wildman–Crippen LogP) is 1.35. The van der Waals surface area contributed by atoms with Crippen LogP contribution in [0.15, 0.2) is 0 Å². The molecule has 1 rings (SSSR count). The van der Waals surface area contributed by atoms with Crippen LogP contribution in [0.1, 0.15) is 26.7 Å². The van der Waals surface area contributed by atoms with Crippen molar-refractivity contribution in [3.05, 3.63) is 0 Å². The third-order valence-corrected chi connectivity index (χ3v) is 4.92. The number of nitrogens with one attached hydrogen (secondary N) is 1. The molecule has 1 fully saturated rings. The summed E-state index contributed by atoms with van der Waals surface area (Å²) in [5, 5.41) is 0. The summed E-state index contributed by atoms with van der Waals surface area (Å²) >= 11 is 5.60. The maximum Gasteiger partial charge on any atom is 0.212 e. The summed E-state index contributed by atoms with van der Waals surface area (Å²) in [6.07, 6.45) is 1.95. The molecule has 0 saturated carbocycles.